The Bertz CT molecular complexity index is 1310. The van der Waals surface area contributed by atoms with Crippen LogP contribution in [-0.2, 0) is 27.7 Å². The predicted molar refractivity (Wildman–Crippen MR) is 137 cm³/mol. The molecule has 0 aliphatic carbocycles. The first-order valence-corrected chi connectivity index (χ1v) is 14.1. The lowest BCUT2D eigenvalue weighted by molar-refractivity contribution is -0.120. The van der Waals surface area contributed by atoms with E-state index in [2.05, 4.69) is 10.6 Å². The van der Waals surface area contributed by atoms with Crippen LogP contribution in [-0.4, -0.2) is 56.6 Å². The molecule has 3 rings (SSSR count). The molecule has 0 spiro atoms. The fraction of sp³-hybridized carbons (Fsp3) is 0.440. The lowest BCUT2D eigenvalue weighted by Crippen LogP contribution is -2.48. The maximum atomic E-state index is 15.2. The molecule has 1 saturated heterocycles. The molecule has 38 heavy (non-hydrogen) atoms. The first-order chi connectivity index (χ1) is 17.9. The largest absolute Gasteiger partial charge is 0.351 e. The van der Waals surface area contributed by atoms with Crippen LogP contribution in [0.5, 0.6) is 0 Å². The molecule has 1 atom stereocenters. The molecule has 13 heteroatoms. The Labute approximate surface area is 224 Å². The summed E-state index contributed by atoms with van der Waals surface area (Å²) in [7, 11) is -3.67. The van der Waals surface area contributed by atoms with Gasteiger partial charge >= 0.3 is 0 Å². The quantitative estimate of drug-likeness (QED) is 0.396. The number of amides is 2. The summed E-state index contributed by atoms with van der Waals surface area (Å²) >= 11 is 5.97. The Morgan fingerprint density at radius 3 is 2.55 bits per heavy atom. The first-order valence-electron chi connectivity index (χ1n) is 12.1. The molecule has 8 nitrogen and oxygen atoms in total. The van der Waals surface area contributed by atoms with Crippen molar-refractivity contribution in [3.05, 3.63) is 62.9 Å². The molecule has 0 radical (unpaired) electrons. The second kappa shape index (κ2) is 12.5. The van der Waals surface area contributed by atoms with E-state index >= 15 is 13.2 Å². The van der Waals surface area contributed by atoms with Crippen molar-refractivity contribution in [2.24, 2.45) is 5.73 Å². The van der Waals surface area contributed by atoms with Crippen LogP contribution < -0.4 is 16.4 Å². The topological polar surface area (TPSA) is 122 Å². The van der Waals surface area contributed by atoms with Gasteiger partial charge in [-0.3, -0.25) is 14.5 Å². The summed E-state index contributed by atoms with van der Waals surface area (Å²) in [6, 6.07) is 3.77. The number of carbonyl (C=O) groups is 2. The third kappa shape index (κ3) is 6.66. The molecular formula is C25H30ClF3N4O4S. The van der Waals surface area contributed by atoms with Crippen LogP contribution in [0.4, 0.5) is 13.2 Å². The van der Waals surface area contributed by atoms with Gasteiger partial charge < -0.3 is 16.4 Å². The monoisotopic (exact) mass is 574 g/mol. The minimum atomic E-state index is -3.67. The van der Waals surface area contributed by atoms with Gasteiger partial charge in [0.2, 0.25) is 5.91 Å². The Hall–Kier alpha value is -2.67. The molecule has 1 heterocycles. The smallest absolute Gasteiger partial charge is 0.257 e. The highest BCUT2D eigenvalue weighted by Gasteiger charge is 2.30. The molecule has 0 saturated carbocycles. The SMILES string of the molecule is CCS(=O)(=O)c1ccc(Cl)cc1CNC(=O)c1c(F)c(C)c(CN2CCCC(NC(=O)CN)C2)c(F)c1F. The molecule has 2 aromatic carbocycles. The van der Waals surface area contributed by atoms with Gasteiger partial charge in [-0.15, -0.1) is 0 Å². The molecule has 0 bridgehead atoms. The second-order valence-electron chi connectivity index (χ2n) is 9.10. The molecule has 1 aliphatic rings. The van der Waals surface area contributed by atoms with Crippen LogP contribution in [0.15, 0.2) is 23.1 Å². The zero-order valence-corrected chi connectivity index (χ0v) is 22.6. The fourth-order valence-corrected chi connectivity index (χ4v) is 5.76. The van der Waals surface area contributed by atoms with Gasteiger partial charge in [0.15, 0.2) is 21.5 Å². The number of sulfone groups is 1. The van der Waals surface area contributed by atoms with E-state index in [0.29, 0.717) is 25.9 Å². The van der Waals surface area contributed by atoms with E-state index in [0.717, 1.165) is 0 Å². The van der Waals surface area contributed by atoms with E-state index in [1.54, 1.807) is 4.90 Å². The average Bonchev–Trinajstić information content (AvgIpc) is 2.89. The Morgan fingerprint density at radius 1 is 1.18 bits per heavy atom. The van der Waals surface area contributed by atoms with Crippen molar-refractivity contribution < 1.29 is 31.2 Å². The molecule has 4 N–H and O–H groups in total. The van der Waals surface area contributed by atoms with Gasteiger partial charge in [0.25, 0.3) is 5.91 Å². The van der Waals surface area contributed by atoms with Gasteiger partial charge in [-0.25, -0.2) is 21.6 Å². The summed E-state index contributed by atoms with van der Waals surface area (Å²) in [5, 5.41) is 5.24. The van der Waals surface area contributed by atoms with Crippen LogP contribution in [0, 0.1) is 24.4 Å². The molecule has 1 fully saturated rings. The number of nitrogens with one attached hydrogen (secondary N) is 2. The number of halogens is 4. The summed E-state index contributed by atoms with van der Waals surface area (Å²) < 4.78 is 70.2. The molecular weight excluding hydrogens is 545 g/mol. The Morgan fingerprint density at radius 2 is 1.89 bits per heavy atom. The van der Waals surface area contributed by atoms with Crippen molar-refractivity contribution >= 4 is 33.3 Å². The Balaban J connectivity index is 1.82. The normalized spacial score (nSPS) is 16.3. The van der Waals surface area contributed by atoms with Crippen molar-refractivity contribution in [3.8, 4) is 0 Å². The fourth-order valence-electron chi connectivity index (χ4n) is 4.45. The summed E-state index contributed by atoms with van der Waals surface area (Å²) in [6.45, 7) is 2.88. The number of benzene rings is 2. The van der Waals surface area contributed by atoms with Crippen LogP contribution in [0.3, 0.4) is 0 Å². The van der Waals surface area contributed by atoms with Gasteiger partial charge in [0.05, 0.1) is 17.2 Å². The van der Waals surface area contributed by atoms with E-state index in [-0.39, 0.29) is 57.4 Å². The molecule has 0 aromatic heterocycles. The molecule has 2 amide bonds. The zero-order chi connectivity index (χ0) is 28.2. The van der Waals surface area contributed by atoms with Crippen LogP contribution >= 0.6 is 11.6 Å². The summed E-state index contributed by atoms with van der Waals surface area (Å²) in [4.78, 5) is 26.0. The highest BCUT2D eigenvalue weighted by atomic mass is 35.5. The van der Waals surface area contributed by atoms with E-state index in [1.165, 1.54) is 32.0 Å². The lowest BCUT2D eigenvalue weighted by atomic mass is 9.99. The van der Waals surface area contributed by atoms with E-state index in [4.69, 9.17) is 17.3 Å². The van der Waals surface area contributed by atoms with E-state index in [9.17, 15) is 18.0 Å². The molecule has 1 unspecified atom stereocenters. The standard InChI is InChI=1S/C25H30ClF3N4O4S/c1-3-38(36,37)19-7-6-16(26)9-15(19)11-31-25(35)21-22(27)14(2)18(23(28)24(21)29)13-33-8-4-5-17(12-33)32-20(34)10-30/h6-7,9,17H,3-5,8,10-13,30H2,1-2H3,(H,31,35)(H,32,34). The zero-order valence-electron chi connectivity index (χ0n) is 21.0. The van der Waals surface area contributed by atoms with Crippen LogP contribution in [0.25, 0.3) is 0 Å². The molecule has 2 aromatic rings. The van der Waals surface area contributed by atoms with Gasteiger partial charge in [0.1, 0.15) is 11.4 Å². The number of nitrogens with two attached hydrogens (primary N) is 1. The van der Waals surface area contributed by atoms with Gasteiger partial charge in [0, 0.05) is 36.3 Å². The number of nitrogens with zero attached hydrogens (tertiary/aromatic N) is 1. The van der Waals surface area contributed by atoms with Crippen molar-refractivity contribution in [2.45, 2.75) is 50.7 Å². The van der Waals surface area contributed by atoms with Gasteiger partial charge in [-0.1, -0.05) is 18.5 Å². The third-order valence-electron chi connectivity index (χ3n) is 6.52. The number of likely N-dealkylation sites (tertiary alicyclic amines) is 1. The van der Waals surface area contributed by atoms with Crippen LogP contribution in [0.1, 0.15) is 46.8 Å². The Kier molecular flexibility index (Phi) is 9.80. The maximum Gasteiger partial charge on any atom is 0.257 e. The number of hydrogen-bond donors (Lipinski definition) is 3. The van der Waals surface area contributed by atoms with E-state index in [1.807, 2.05) is 0 Å². The lowest BCUT2D eigenvalue weighted by Gasteiger charge is -2.33. The average molecular weight is 575 g/mol. The van der Waals surface area contributed by atoms with Crippen LogP contribution in [0.2, 0.25) is 5.02 Å². The van der Waals surface area contributed by atoms with E-state index < -0.39 is 45.3 Å². The van der Waals surface area contributed by atoms with Crippen molar-refractivity contribution in [2.75, 3.05) is 25.4 Å². The number of piperidine rings is 1. The number of rotatable bonds is 9. The minimum Gasteiger partial charge on any atom is -0.351 e. The van der Waals surface area contributed by atoms with Crippen molar-refractivity contribution in [1.29, 1.82) is 0 Å². The minimum absolute atomic E-state index is 0.0779. The number of carbonyl (C=O) groups excluding carboxylic acids is 2. The highest BCUT2D eigenvalue weighted by Crippen LogP contribution is 2.28. The second-order valence-corrected chi connectivity index (χ2v) is 11.8. The maximum absolute atomic E-state index is 15.2. The first kappa shape index (κ1) is 29.9. The predicted octanol–water partition coefficient (Wildman–Crippen LogP) is 2.83. The molecule has 208 valence electrons. The number of hydrogen-bond acceptors (Lipinski definition) is 6. The summed E-state index contributed by atoms with van der Waals surface area (Å²) in [5.41, 5.74) is 3.91. The van der Waals surface area contributed by atoms with Crippen molar-refractivity contribution in [3.63, 3.8) is 0 Å². The van der Waals surface area contributed by atoms with Gasteiger partial charge in [-0.05, 0) is 55.6 Å². The van der Waals surface area contributed by atoms with Gasteiger partial charge in [-0.2, -0.15) is 0 Å². The van der Waals surface area contributed by atoms with Crippen molar-refractivity contribution in [1.82, 2.24) is 15.5 Å². The third-order valence-corrected chi connectivity index (χ3v) is 8.58. The summed E-state index contributed by atoms with van der Waals surface area (Å²) in [5.74, 6) is -5.98. The molecule has 1 aliphatic heterocycles. The highest BCUT2D eigenvalue weighted by molar-refractivity contribution is 7.91. The summed E-state index contributed by atoms with van der Waals surface area (Å²) in [6.07, 6.45) is 1.38.